The highest BCUT2D eigenvalue weighted by atomic mass is 32.2. The fourth-order valence-electron chi connectivity index (χ4n) is 10.7. The third-order valence-electron chi connectivity index (χ3n) is 12.9. The molecular formula is C35H56O2S. The summed E-state index contributed by atoms with van der Waals surface area (Å²) in [6.45, 7) is 12.7. The van der Waals surface area contributed by atoms with Crippen LogP contribution in [0.2, 0.25) is 0 Å². The molecule has 0 aromatic heterocycles. The summed E-state index contributed by atoms with van der Waals surface area (Å²) in [5.41, 5.74) is 1.06. The molecule has 214 valence electrons. The summed E-state index contributed by atoms with van der Waals surface area (Å²) in [6, 6.07) is 9.08. The minimum Gasteiger partial charge on any atom is -0.224 e. The largest absolute Gasteiger partial charge is 0.224 e. The van der Waals surface area contributed by atoms with Crippen molar-refractivity contribution in [2.75, 3.05) is 5.75 Å². The molecule has 4 aliphatic carbocycles. The van der Waals surface area contributed by atoms with Gasteiger partial charge in [-0.15, -0.1) is 0 Å². The topological polar surface area (TPSA) is 34.1 Å². The lowest BCUT2D eigenvalue weighted by molar-refractivity contribution is -0.121. The molecule has 0 N–H and O–H groups in total. The molecule has 0 heterocycles. The SMILES string of the molecule is CC(C)CCC[C@@H](C)[C@H]1CC[C@H]2[C@@H]3CC[C@H]4CC(CCS(=O)(=O)c5ccccc5)CC[C@]4(C)[C@H]3CC[C@]12C. The number of benzene rings is 1. The van der Waals surface area contributed by atoms with Gasteiger partial charge in [0.05, 0.1) is 10.6 Å². The Morgan fingerprint density at radius 1 is 0.842 bits per heavy atom. The fourth-order valence-corrected chi connectivity index (χ4v) is 12.2. The number of rotatable bonds is 9. The minimum atomic E-state index is -3.16. The van der Waals surface area contributed by atoms with Gasteiger partial charge in [-0.05, 0) is 135 Å². The first-order valence-corrected chi connectivity index (χ1v) is 18.0. The summed E-state index contributed by atoms with van der Waals surface area (Å²) in [6.07, 6.45) is 17.6. The Balaban J connectivity index is 1.20. The van der Waals surface area contributed by atoms with Crippen molar-refractivity contribution in [2.45, 2.75) is 123 Å². The second-order valence-electron chi connectivity index (χ2n) is 15.2. The molecule has 0 bridgehead atoms. The van der Waals surface area contributed by atoms with E-state index in [1.165, 1.54) is 77.0 Å². The third-order valence-corrected chi connectivity index (χ3v) is 14.6. The summed E-state index contributed by atoms with van der Waals surface area (Å²) in [4.78, 5) is 0.496. The van der Waals surface area contributed by atoms with Gasteiger partial charge in [0.1, 0.15) is 0 Å². The molecule has 1 unspecified atom stereocenters. The average Bonchev–Trinajstić information content (AvgIpc) is 3.25. The molecule has 0 spiro atoms. The van der Waals surface area contributed by atoms with Crippen molar-refractivity contribution in [3.05, 3.63) is 30.3 Å². The lowest BCUT2D eigenvalue weighted by Crippen LogP contribution is -2.53. The van der Waals surface area contributed by atoms with E-state index in [4.69, 9.17) is 0 Å². The predicted octanol–water partition coefficient (Wildman–Crippen LogP) is 9.59. The van der Waals surface area contributed by atoms with E-state index in [0.29, 0.717) is 27.4 Å². The van der Waals surface area contributed by atoms with Crippen LogP contribution in [-0.2, 0) is 9.84 Å². The van der Waals surface area contributed by atoms with Gasteiger partial charge in [-0.3, -0.25) is 0 Å². The Morgan fingerprint density at radius 2 is 1.55 bits per heavy atom. The average molecular weight is 541 g/mol. The molecule has 5 rings (SSSR count). The molecule has 2 nitrogen and oxygen atoms in total. The van der Waals surface area contributed by atoms with E-state index in [9.17, 15) is 8.42 Å². The van der Waals surface area contributed by atoms with Crippen LogP contribution in [0.25, 0.3) is 0 Å². The Hall–Kier alpha value is -0.830. The molecular weight excluding hydrogens is 484 g/mol. The maximum atomic E-state index is 12.9. The van der Waals surface area contributed by atoms with Gasteiger partial charge >= 0.3 is 0 Å². The van der Waals surface area contributed by atoms with Crippen molar-refractivity contribution < 1.29 is 8.42 Å². The molecule has 4 saturated carbocycles. The standard InChI is InChI=1S/C35H56O2S/c1-25(2)10-9-11-26(3)31-16-17-32-30-15-14-28-24-27(20-23-38(36,37)29-12-7-6-8-13-29)18-21-34(28,4)33(30)19-22-35(31,32)5/h6-8,12-13,25-28,30-33H,9-11,14-24H2,1-5H3/t26-,27?,28+,30+,31-,32+,33+,34+,35-/m1/s1. The molecule has 4 aliphatic rings. The molecule has 0 saturated heterocycles. The van der Waals surface area contributed by atoms with Crippen molar-refractivity contribution in [3.63, 3.8) is 0 Å². The van der Waals surface area contributed by atoms with Crippen molar-refractivity contribution in [2.24, 2.45) is 58.2 Å². The number of sulfone groups is 1. The summed E-state index contributed by atoms with van der Waals surface area (Å²) >= 11 is 0. The van der Waals surface area contributed by atoms with Crippen LogP contribution in [0, 0.1) is 58.2 Å². The predicted molar refractivity (Wildman–Crippen MR) is 160 cm³/mol. The van der Waals surface area contributed by atoms with Gasteiger partial charge in [-0.25, -0.2) is 8.42 Å². The van der Waals surface area contributed by atoms with Crippen LogP contribution in [0.4, 0.5) is 0 Å². The van der Waals surface area contributed by atoms with Crippen LogP contribution in [0.5, 0.6) is 0 Å². The zero-order valence-electron chi connectivity index (χ0n) is 25.1. The fraction of sp³-hybridized carbons (Fsp3) is 0.829. The first-order chi connectivity index (χ1) is 18.0. The maximum absolute atomic E-state index is 12.9. The molecule has 3 heteroatoms. The van der Waals surface area contributed by atoms with Gasteiger partial charge < -0.3 is 0 Å². The first-order valence-electron chi connectivity index (χ1n) is 16.3. The molecule has 1 aromatic carbocycles. The van der Waals surface area contributed by atoms with Crippen LogP contribution in [0.3, 0.4) is 0 Å². The van der Waals surface area contributed by atoms with Crippen LogP contribution < -0.4 is 0 Å². The van der Waals surface area contributed by atoms with Crippen molar-refractivity contribution >= 4 is 9.84 Å². The second-order valence-corrected chi connectivity index (χ2v) is 17.4. The van der Waals surface area contributed by atoms with Crippen LogP contribution in [0.15, 0.2) is 35.2 Å². The van der Waals surface area contributed by atoms with Crippen molar-refractivity contribution in [1.82, 2.24) is 0 Å². The van der Waals surface area contributed by atoms with Gasteiger partial charge in [0.2, 0.25) is 0 Å². The zero-order chi connectivity index (χ0) is 27.1. The normalized spacial score (nSPS) is 39.8. The number of hydrogen-bond donors (Lipinski definition) is 0. The van der Waals surface area contributed by atoms with Crippen LogP contribution >= 0.6 is 0 Å². The van der Waals surface area contributed by atoms with Gasteiger partial charge in [0.25, 0.3) is 0 Å². The Bertz CT molecular complexity index is 1030. The summed E-state index contributed by atoms with van der Waals surface area (Å²) < 4.78 is 25.8. The highest BCUT2D eigenvalue weighted by molar-refractivity contribution is 7.91. The smallest absolute Gasteiger partial charge is 0.178 e. The lowest BCUT2D eigenvalue weighted by atomic mass is 9.44. The Morgan fingerprint density at radius 3 is 2.29 bits per heavy atom. The van der Waals surface area contributed by atoms with E-state index in [-0.39, 0.29) is 0 Å². The molecule has 4 fully saturated rings. The molecule has 1 aromatic rings. The lowest BCUT2D eigenvalue weighted by Gasteiger charge is -2.61. The van der Waals surface area contributed by atoms with Crippen molar-refractivity contribution in [1.29, 1.82) is 0 Å². The molecule has 38 heavy (non-hydrogen) atoms. The Kier molecular flexibility index (Phi) is 8.46. The highest BCUT2D eigenvalue weighted by Gasteiger charge is 2.60. The quantitative estimate of drug-likeness (QED) is 0.312. The van der Waals surface area contributed by atoms with Gasteiger partial charge in [0.15, 0.2) is 9.84 Å². The van der Waals surface area contributed by atoms with Crippen LogP contribution in [-0.4, -0.2) is 14.2 Å². The second kappa shape index (κ2) is 11.2. The van der Waals surface area contributed by atoms with Gasteiger partial charge in [0, 0.05) is 0 Å². The number of fused-ring (bicyclic) bond motifs is 5. The molecule has 0 amide bonds. The third kappa shape index (κ3) is 5.40. The van der Waals surface area contributed by atoms with Gasteiger partial charge in [-0.2, -0.15) is 0 Å². The zero-order valence-corrected chi connectivity index (χ0v) is 25.9. The number of hydrogen-bond acceptors (Lipinski definition) is 2. The summed E-state index contributed by atoms with van der Waals surface area (Å²) in [5, 5.41) is 0. The van der Waals surface area contributed by atoms with E-state index in [1.807, 2.05) is 18.2 Å². The summed E-state index contributed by atoms with van der Waals surface area (Å²) in [5.74, 6) is 7.16. The highest BCUT2D eigenvalue weighted by Crippen LogP contribution is 2.68. The Labute approximate surface area is 235 Å². The van der Waals surface area contributed by atoms with E-state index in [1.54, 1.807) is 12.1 Å². The van der Waals surface area contributed by atoms with Crippen LogP contribution in [0.1, 0.15) is 118 Å². The maximum Gasteiger partial charge on any atom is 0.178 e. The molecule has 0 radical (unpaired) electrons. The first kappa shape index (κ1) is 28.7. The van der Waals surface area contributed by atoms with E-state index < -0.39 is 9.84 Å². The van der Waals surface area contributed by atoms with Gasteiger partial charge in [-0.1, -0.05) is 72.1 Å². The molecule has 9 atom stereocenters. The monoisotopic (exact) mass is 540 g/mol. The van der Waals surface area contributed by atoms with E-state index >= 15 is 0 Å². The van der Waals surface area contributed by atoms with E-state index in [2.05, 4.69) is 34.6 Å². The molecule has 0 aliphatic heterocycles. The minimum absolute atomic E-state index is 0.314. The van der Waals surface area contributed by atoms with E-state index in [0.717, 1.165) is 47.8 Å². The van der Waals surface area contributed by atoms with Crippen molar-refractivity contribution in [3.8, 4) is 0 Å². The summed E-state index contributed by atoms with van der Waals surface area (Å²) in [7, 11) is -3.16.